The summed E-state index contributed by atoms with van der Waals surface area (Å²) in [4.78, 5) is 8.44. The van der Waals surface area contributed by atoms with Gasteiger partial charge in [-0.1, -0.05) is 0 Å². The van der Waals surface area contributed by atoms with E-state index in [9.17, 15) is 0 Å². The van der Waals surface area contributed by atoms with Crippen molar-refractivity contribution >= 4 is 15.9 Å². The Morgan fingerprint density at radius 2 is 1.68 bits per heavy atom. The molecule has 0 radical (unpaired) electrons. The number of nitrogens with zero attached hydrogens (tertiary/aromatic N) is 2. The molecule has 2 aromatic rings. The van der Waals surface area contributed by atoms with Gasteiger partial charge >= 0.3 is 0 Å². The van der Waals surface area contributed by atoms with Gasteiger partial charge in [-0.3, -0.25) is 0 Å². The van der Waals surface area contributed by atoms with Crippen molar-refractivity contribution in [2.24, 2.45) is 0 Å². The number of pyridine rings is 2. The molecule has 100 valence electrons. The van der Waals surface area contributed by atoms with Gasteiger partial charge in [0.1, 0.15) is 0 Å². The van der Waals surface area contributed by atoms with Crippen LogP contribution in [-0.2, 0) is 0 Å². The highest BCUT2D eigenvalue weighted by atomic mass is 79.9. The number of rotatable bonds is 5. The first-order valence-corrected chi connectivity index (χ1v) is 6.91. The molecule has 2 rings (SSSR count). The molecule has 2 aromatic heterocycles. The molecule has 0 fully saturated rings. The Kier molecular flexibility index (Phi) is 4.74. The minimum absolute atomic E-state index is 0.593. The molecule has 19 heavy (non-hydrogen) atoms. The number of ether oxygens (including phenoxy) is 2. The fourth-order valence-electron chi connectivity index (χ4n) is 1.64. The minimum Gasteiger partial charge on any atom is -0.478 e. The first-order chi connectivity index (χ1) is 9.24. The summed E-state index contributed by atoms with van der Waals surface area (Å²) in [5.41, 5.74) is 1.98. The Bertz CT molecular complexity index is 544. The second kappa shape index (κ2) is 6.52. The third kappa shape index (κ3) is 3.44. The van der Waals surface area contributed by atoms with Crippen LogP contribution in [0.1, 0.15) is 13.8 Å². The Hall–Kier alpha value is -1.62. The van der Waals surface area contributed by atoms with E-state index in [1.807, 2.05) is 32.0 Å². The van der Waals surface area contributed by atoms with E-state index in [1.54, 1.807) is 12.4 Å². The van der Waals surface area contributed by atoms with E-state index in [0.717, 1.165) is 15.6 Å². The van der Waals surface area contributed by atoms with Gasteiger partial charge in [-0.25, -0.2) is 9.97 Å². The summed E-state index contributed by atoms with van der Waals surface area (Å²) >= 11 is 3.49. The molecule has 0 unspecified atom stereocenters. The van der Waals surface area contributed by atoms with Gasteiger partial charge in [0, 0.05) is 40.1 Å². The average Bonchev–Trinajstić information content (AvgIpc) is 2.43. The van der Waals surface area contributed by atoms with Gasteiger partial charge in [-0.15, -0.1) is 0 Å². The number of hydrogen-bond donors (Lipinski definition) is 0. The molecule has 0 amide bonds. The van der Waals surface area contributed by atoms with Crippen LogP contribution in [0.15, 0.2) is 35.1 Å². The van der Waals surface area contributed by atoms with Crippen molar-refractivity contribution in [2.45, 2.75) is 13.8 Å². The van der Waals surface area contributed by atoms with Crippen molar-refractivity contribution in [2.75, 3.05) is 13.2 Å². The summed E-state index contributed by atoms with van der Waals surface area (Å²) in [6.07, 6.45) is 3.51. The maximum Gasteiger partial charge on any atom is 0.213 e. The molecule has 2 heterocycles. The maximum atomic E-state index is 5.41. The number of aromatic nitrogens is 2. The minimum atomic E-state index is 0.593. The van der Waals surface area contributed by atoms with Crippen LogP contribution in [0.4, 0.5) is 0 Å². The standard InChI is InChI=1S/C14H15BrN2O2/c1-3-18-13-6-5-10(8-16-13)11-7-14(19-4-2)17-9-12(11)15/h5-9H,3-4H2,1-2H3. The Morgan fingerprint density at radius 3 is 2.32 bits per heavy atom. The van der Waals surface area contributed by atoms with Crippen molar-refractivity contribution in [3.8, 4) is 22.9 Å². The van der Waals surface area contributed by atoms with E-state index >= 15 is 0 Å². The van der Waals surface area contributed by atoms with Crippen molar-refractivity contribution < 1.29 is 9.47 Å². The normalized spacial score (nSPS) is 10.3. The molecule has 0 atom stereocenters. The van der Waals surface area contributed by atoms with E-state index in [-0.39, 0.29) is 0 Å². The van der Waals surface area contributed by atoms with Crippen molar-refractivity contribution in [3.63, 3.8) is 0 Å². The predicted molar refractivity (Wildman–Crippen MR) is 77.5 cm³/mol. The third-order valence-electron chi connectivity index (χ3n) is 2.46. The molecule has 0 saturated carbocycles. The van der Waals surface area contributed by atoms with Crippen LogP contribution in [0.5, 0.6) is 11.8 Å². The summed E-state index contributed by atoms with van der Waals surface area (Å²) in [5.74, 6) is 1.23. The van der Waals surface area contributed by atoms with Crippen LogP contribution < -0.4 is 9.47 Å². The molecule has 0 saturated heterocycles. The van der Waals surface area contributed by atoms with Crippen LogP contribution in [0, 0.1) is 0 Å². The second-order valence-electron chi connectivity index (χ2n) is 3.75. The summed E-state index contributed by atoms with van der Waals surface area (Å²) in [6.45, 7) is 5.07. The Morgan fingerprint density at radius 1 is 1.00 bits per heavy atom. The first-order valence-electron chi connectivity index (χ1n) is 6.12. The fourth-order valence-corrected chi connectivity index (χ4v) is 2.09. The smallest absolute Gasteiger partial charge is 0.213 e. The lowest BCUT2D eigenvalue weighted by Crippen LogP contribution is -1.96. The van der Waals surface area contributed by atoms with Gasteiger partial charge in [-0.05, 0) is 35.8 Å². The van der Waals surface area contributed by atoms with Crippen molar-refractivity contribution in [1.29, 1.82) is 0 Å². The summed E-state index contributed by atoms with van der Waals surface area (Å²) in [5, 5.41) is 0. The van der Waals surface area contributed by atoms with Gasteiger partial charge in [-0.2, -0.15) is 0 Å². The zero-order valence-corrected chi connectivity index (χ0v) is 12.5. The van der Waals surface area contributed by atoms with E-state index in [1.165, 1.54) is 0 Å². The van der Waals surface area contributed by atoms with Gasteiger partial charge in [0.2, 0.25) is 11.8 Å². The Balaban J connectivity index is 2.31. The highest BCUT2D eigenvalue weighted by Gasteiger charge is 2.07. The molecule has 0 aromatic carbocycles. The second-order valence-corrected chi connectivity index (χ2v) is 4.61. The fraction of sp³-hybridized carbons (Fsp3) is 0.286. The van der Waals surface area contributed by atoms with Gasteiger partial charge in [0.25, 0.3) is 0 Å². The molecule has 0 N–H and O–H groups in total. The molecule has 0 spiro atoms. The van der Waals surface area contributed by atoms with Crippen LogP contribution in [-0.4, -0.2) is 23.2 Å². The molecule has 0 aliphatic carbocycles. The summed E-state index contributed by atoms with van der Waals surface area (Å²) < 4.78 is 11.6. The first kappa shape index (κ1) is 13.8. The van der Waals surface area contributed by atoms with Gasteiger partial charge < -0.3 is 9.47 Å². The van der Waals surface area contributed by atoms with Crippen LogP contribution in [0.2, 0.25) is 0 Å². The van der Waals surface area contributed by atoms with Gasteiger partial charge in [0.05, 0.1) is 13.2 Å². The SMILES string of the molecule is CCOc1ccc(-c2cc(OCC)ncc2Br)cn1. The van der Waals surface area contributed by atoms with Crippen molar-refractivity contribution in [1.82, 2.24) is 9.97 Å². The highest BCUT2D eigenvalue weighted by Crippen LogP contribution is 2.30. The molecule has 0 aliphatic rings. The highest BCUT2D eigenvalue weighted by molar-refractivity contribution is 9.10. The van der Waals surface area contributed by atoms with E-state index < -0.39 is 0 Å². The lowest BCUT2D eigenvalue weighted by Gasteiger charge is -2.08. The molecule has 4 nitrogen and oxygen atoms in total. The maximum absolute atomic E-state index is 5.41. The number of hydrogen-bond acceptors (Lipinski definition) is 4. The zero-order valence-electron chi connectivity index (χ0n) is 10.9. The van der Waals surface area contributed by atoms with Crippen LogP contribution in [0.3, 0.4) is 0 Å². The number of halogens is 1. The molecule has 0 aliphatic heterocycles. The Labute approximate surface area is 120 Å². The van der Waals surface area contributed by atoms with Crippen LogP contribution in [0.25, 0.3) is 11.1 Å². The van der Waals surface area contributed by atoms with E-state index in [0.29, 0.717) is 25.0 Å². The molecule has 5 heteroatoms. The molecular weight excluding hydrogens is 308 g/mol. The lowest BCUT2D eigenvalue weighted by molar-refractivity contribution is 0.327. The van der Waals surface area contributed by atoms with Gasteiger partial charge in [0.15, 0.2) is 0 Å². The topological polar surface area (TPSA) is 44.2 Å². The molecular formula is C14H15BrN2O2. The average molecular weight is 323 g/mol. The van der Waals surface area contributed by atoms with Crippen molar-refractivity contribution in [3.05, 3.63) is 35.1 Å². The van der Waals surface area contributed by atoms with E-state index in [2.05, 4.69) is 25.9 Å². The predicted octanol–water partition coefficient (Wildman–Crippen LogP) is 3.70. The van der Waals surface area contributed by atoms with Crippen LogP contribution >= 0.6 is 15.9 Å². The quantitative estimate of drug-likeness (QED) is 0.841. The lowest BCUT2D eigenvalue weighted by atomic mass is 10.1. The largest absolute Gasteiger partial charge is 0.478 e. The monoisotopic (exact) mass is 322 g/mol. The summed E-state index contributed by atoms with van der Waals surface area (Å²) in [7, 11) is 0. The summed E-state index contributed by atoms with van der Waals surface area (Å²) in [6, 6.07) is 5.71. The zero-order chi connectivity index (χ0) is 13.7. The van der Waals surface area contributed by atoms with E-state index in [4.69, 9.17) is 9.47 Å². The third-order valence-corrected chi connectivity index (χ3v) is 3.09. The molecule has 0 bridgehead atoms.